The minimum absolute atomic E-state index is 0.143. The quantitative estimate of drug-likeness (QED) is 0.724. The van der Waals surface area contributed by atoms with E-state index in [1.54, 1.807) is 34.6 Å². The lowest BCUT2D eigenvalue weighted by molar-refractivity contribution is -0.148. The maximum absolute atomic E-state index is 13.2. The molecular weight excluding hydrogens is 344 g/mol. The molecule has 1 aliphatic heterocycles. The molecule has 1 aliphatic rings. The molecule has 27 heavy (non-hydrogen) atoms. The van der Waals surface area contributed by atoms with Crippen molar-refractivity contribution in [3.8, 4) is 0 Å². The summed E-state index contributed by atoms with van der Waals surface area (Å²) in [7, 11) is 0. The van der Waals surface area contributed by atoms with E-state index in [1.807, 2.05) is 27.7 Å². The Bertz CT molecular complexity index is 596. The minimum atomic E-state index is -1.16. The highest BCUT2D eigenvalue weighted by Gasteiger charge is 2.60. The van der Waals surface area contributed by atoms with E-state index in [1.165, 1.54) is 9.80 Å². The molecule has 1 heterocycles. The van der Waals surface area contributed by atoms with E-state index in [-0.39, 0.29) is 24.2 Å². The first kappa shape index (κ1) is 23.4. The normalized spacial score (nSPS) is 21.6. The molecule has 0 saturated carbocycles. The van der Waals surface area contributed by atoms with Crippen molar-refractivity contribution in [3.63, 3.8) is 0 Å². The first-order chi connectivity index (χ1) is 11.9. The first-order valence-corrected chi connectivity index (χ1v) is 9.80. The topological polar surface area (TPSA) is 66.9 Å². The largest absolute Gasteiger partial charge is 0.444 e. The van der Waals surface area contributed by atoms with Crippen LogP contribution in [0.25, 0.3) is 0 Å². The summed E-state index contributed by atoms with van der Waals surface area (Å²) in [4.78, 5) is 42.0. The van der Waals surface area contributed by atoms with Crippen LogP contribution in [-0.2, 0) is 14.3 Å². The standard InChI is InChI=1S/C21H38N2O4/c1-13(2)14(3)12-15(24)22-16(19(4,5)6)23(21(10,11)17(22)25)18(26)27-20(7,8)9/h13-14,16H,12H2,1-11H3/t14-,16-/m1/s1. The zero-order chi connectivity index (χ0) is 21.5. The van der Waals surface area contributed by atoms with Crippen LogP contribution in [0.3, 0.4) is 0 Å². The Balaban J connectivity index is 3.38. The molecule has 3 amide bonds. The van der Waals surface area contributed by atoms with E-state index < -0.39 is 28.8 Å². The van der Waals surface area contributed by atoms with Gasteiger partial charge in [-0.2, -0.15) is 0 Å². The summed E-state index contributed by atoms with van der Waals surface area (Å²) in [5, 5.41) is 0. The second-order valence-corrected chi connectivity index (χ2v) is 10.6. The van der Waals surface area contributed by atoms with Gasteiger partial charge in [-0.1, -0.05) is 41.5 Å². The highest BCUT2D eigenvalue weighted by atomic mass is 16.6. The molecule has 0 bridgehead atoms. The van der Waals surface area contributed by atoms with Gasteiger partial charge in [-0.05, 0) is 46.5 Å². The number of nitrogens with zero attached hydrogens (tertiary/aromatic N) is 2. The fraction of sp³-hybridized carbons (Fsp3) is 0.857. The number of imide groups is 1. The molecule has 6 heteroatoms. The van der Waals surface area contributed by atoms with Crippen molar-refractivity contribution in [3.05, 3.63) is 0 Å². The van der Waals surface area contributed by atoms with Gasteiger partial charge in [0.25, 0.3) is 5.91 Å². The van der Waals surface area contributed by atoms with Crippen molar-refractivity contribution < 1.29 is 19.1 Å². The van der Waals surface area contributed by atoms with Crippen molar-refractivity contribution in [2.24, 2.45) is 17.3 Å². The van der Waals surface area contributed by atoms with Gasteiger partial charge in [0.05, 0.1) is 0 Å². The van der Waals surface area contributed by atoms with Crippen LogP contribution in [0.1, 0.15) is 82.6 Å². The predicted molar refractivity (Wildman–Crippen MR) is 106 cm³/mol. The monoisotopic (exact) mass is 382 g/mol. The number of carbonyl (C=O) groups excluding carboxylic acids is 3. The Morgan fingerprint density at radius 3 is 1.93 bits per heavy atom. The maximum Gasteiger partial charge on any atom is 0.412 e. The van der Waals surface area contributed by atoms with Gasteiger partial charge in [-0.15, -0.1) is 0 Å². The van der Waals surface area contributed by atoms with Crippen molar-refractivity contribution in [1.29, 1.82) is 0 Å². The van der Waals surface area contributed by atoms with Crippen LogP contribution in [0.5, 0.6) is 0 Å². The van der Waals surface area contributed by atoms with Crippen LogP contribution in [0, 0.1) is 17.3 Å². The van der Waals surface area contributed by atoms with Crippen LogP contribution >= 0.6 is 0 Å². The zero-order valence-corrected chi connectivity index (χ0v) is 19.0. The highest BCUT2D eigenvalue weighted by molar-refractivity contribution is 6.04. The Kier molecular flexibility index (Phi) is 6.46. The second kappa shape index (κ2) is 7.44. The number of rotatable bonds is 3. The predicted octanol–water partition coefficient (Wildman–Crippen LogP) is 4.43. The van der Waals surface area contributed by atoms with Crippen LogP contribution in [0.4, 0.5) is 4.79 Å². The summed E-state index contributed by atoms with van der Waals surface area (Å²) in [6.45, 7) is 20.6. The molecule has 0 radical (unpaired) electrons. The first-order valence-electron chi connectivity index (χ1n) is 9.80. The van der Waals surface area contributed by atoms with E-state index in [4.69, 9.17) is 4.74 Å². The van der Waals surface area contributed by atoms with Gasteiger partial charge >= 0.3 is 6.09 Å². The summed E-state index contributed by atoms with van der Waals surface area (Å²) < 4.78 is 5.58. The number of carbonyl (C=O) groups is 3. The van der Waals surface area contributed by atoms with E-state index in [0.29, 0.717) is 5.92 Å². The fourth-order valence-corrected chi connectivity index (χ4v) is 3.20. The molecule has 0 aromatic rings. The third kappa shape index (κ3) is 5.02. The van der Waals surface area contributed by atoms with Gasteiger partial charge in [-0.25, -0.2) is 4.79 Å². The Morgan fingerprint density at radius 1 is 1.07 bits per heavy atom. The molecule has 156 valence electrons. The van der Waals surface area contributed by atoms with Crippen molar-refractivity contribution in [2.45, 2.75) is 99.9 Å². The van der Waals surface area contributed by atoms with Crippen LogP contribution in [-0.4, -0.2) is 45.0 Å². The summed E-state index contributed by atoms with van der Waals surface area (Å²) >= 11 is 0. The summed E-state index contributed by atoms with van der Waals surface area (Å²) in [5.74, 6) is -0.117. The Hall–Kier alpha value is -1.59. The average Bonchev–Trinajstić information content (AvgIpc) is 2.64. The molecule has 0 aromatic heterocycles. The van der Waals surface area contributed by atoms with Crippen LogP contribution in [0.15, 0.2) is 0 Å². The Labute approximate surface area is 164 Å². The summed E-state index contributed by atoms with van der Waals surface area (Å²) in [6.07, 6.45) is -0.997. The lowest BCUT2D eigenvalue weighted by Gasteiger charge is -2.41. The third-order valence-electron chi connectivity index (χ3n) is 5.10. The van der Waals surface area contributed by atoms with E-state index >= 15 is 0 Å². The summed E-state index contributed by atoms with van der Waals surface area (Å²) in [5.41, 5.74) is -2.36. The van der Waals surface area contributed by atoms with Crippen molar-refractivity contribution in [2.75, 3.05) is 0 Å². The highest BCUT2D eigenvalue weighted by Crippen LogP contribution is 2.41. The molecule has 6 nitrogen and oxygen atoms in total. The van der Waals surface area contributed by atoms with Gasteiger partial charge in [0, 0.05) is 11.8 Å². The SMILES string of the molecule is CC(C)[C@H](C)CC(=O)N1C(=O)C(C)(C)N(C(=O)OC(C)(C)C)[C@@H]1C(C)(C)C. The molecule has 1 saturated heterocycles. The molecule has 1 rings (SSSR count). The average molecular weight is 383 g/mol. The number of hydrogen-bond acceptors (Lipinski definition) is 4. The second-order valence-electron chi connectivity index (χ2n) is 10.6. The lowest BCUT2D eigenvalue weighted by atomic mass is 9.89. The van der Waals surface area contributed by atoms with Gasteiger partial charge in [0.15, 0.2) is 0 Å². The van der Waals surface area contributed by atoms with Gasteiger partial charge in [0.2, 0.25) is 5.91 Å². The Morgan fingerprint density at radius 2 is 1.56 bits per heavy atom. The zero-order valence-electron chi connectivity index (χ0n) is 19.0. The molecule has 0 spiro atoms. The smallest absolute Gasteiger partial charge is 0.412 e. The molecule has 0 aromatic carbocycles. The van der Waals surface area contributed by atoms with Gasteiger partial charge < -0.3 is 4.74 Å². The molecule has 1 fully saturated rings. The molecular formula is C21H38N2O4. The summed E-state index contributed by atoms with van der Waals surface area (Å²) in [6, 6.07) is 0. The molecule has 0 N–H and O–H groups in total. The van der Waals surface area contributed by atoms with Gasteiger partial charge in [0.1, 0.15) is 17.3 Å². The fourth-order valence-electron chi connectivity index (χ4n) is 3.20. The molecule has 2 atom stereocenters. The van der Waals surface area contributed by atoms with Crippen molar-refractivity contribution >= 4 is 17.9 Å². The molecule has 0 aliphatic carbocycles. The van der Waals surface area contributed by atoms with E-state index in [2.05, 4.69) is 13.8 Å². The maximum atomic E-state index is 13.2. The number of ether oxygens (including phenoxy) is 1. The molecule has 0 unspecified atom stereocenters. The lowest BCUT2D eigenvalue weighted by Crippen LogP contribution is -2.56. The van der Waals surface area contributed by atoms with Crippen LogP contribution < -0.4 is 0 Å². The minimum Gasteiger partial charge on any atom is -0.444 e. The third-order valence-corrected chi connectivity index (χ3v) is 5.10. The van der Waals surface area contributed by atoms with Gasteiger partial charge in [-0.3, -0.25) is 19.4 Å². The van der Waals surface area contributed by atoms with Crippen LogP contribution in [0.2, 0.25) is 0 Å². The number of amides is 3. The number of hydrogen-bond donors (Lipinski definition) is 0. The van der Waals surface area contributed by atoms with Crippen molar-refractivity contribution in [1.82, 2.24) is 9.80 Å². The van der Waals surface area contributed by atoms with E-state index in [9.17, 15) is 14.4 Å². The van der Waals surface area contributed by atoms with E-state index in [0.717, 1.165) is 0 Å².